The molecule has 27 heavy (non-hydrogen) atoms. The molecular weight excluding hydrogens is 358 g/mol. The Balaban J connectivity index is 1.65. The molecule has 0 bridgehead atoms. The Hall–Kier alpha value is -1.76. The summed E-state index contributed by atoms with van der Waals surface area (Å²) in [5, 5.41) is 14.9. The molecule has 0 aromatic carbocycles. The molecule has 0 saturated heterocycles. The average molecular weight is 388 g/mol. The Morgan fingerprint density at radius 1 is 1.44 bits per heavy atom. The van der Waals surface area contributed by atoms with Crippen molar-refractivity contribution in [2.75, 3.05) is 6.54 Å². The molecule has 3 rings (SSSR count). The van der Waals surface area contributed by atoms with Crippen molar-refractivity contribution in [2.24, 2.45) is 0 Å². The number of aromatic nitrogens is 1. The van der Waals surface area contributed by atoms with E-state index in [0.717, 1.165) is 49.3 Å². The van der Waals surface area contributed by atoms with Gasteiger partial charge < -0.3 is 10.4 Å². The maximum absolute atomic E-state index is 12.6. The lowest BCUT2D eigenvalue weighted by atomic mass is 9.99. The van der Waals surface area contributed by atoms with E-state index in [4.69, 9.17) is 0 Å². The molecule has 1 atom stereocenters. The summed E-state index contributed by atoms with van der Waals surface area (Å²) in [5.74, 6) is -0.0904. The highest BCUT2D eigenvalue weighted by molar-refractivity contribution is 7.10. The first kappa shape index (κ1) is 20.0. The van der Waals surface area contributed by atoms with Gasteiger partial charge in [0.25, 0.3) is 5.91 Å². The van der Waals surface area contributed by atoms with Gasteiger partial charge in [0.2, 0.25) is 0 Å². The summed E-state index contributed by atoms with van der Waals surface area (Å²) in [6.45, 7) is 9.98. The molecule has 0 spiro atoms. The molecule has 2 N–H and O–H groups in total. The molecule has 0 unspecified atom stereocenters. The van der Waals surface area contributed by atoms with Gasteiger partial charge in [-0.2, -0.15) is 0 Å². The summed E-state index contributed by atoms with van der Waals surface area (Å²) in [6, 6.07) is 3.95. The van der Waals surface area contributed by atoms with Gasteiger partial charge in [-0.25, -0.2) is 0 Å². The Labute approximate surface area is 165 Å². The standard InChI is InChI=1S/C21H29N3O2S/c1-5-15-6-7-16(22-10-15)11-24-9-8-17-18(13-27-19(17)12-24)20(25)23-14(2)21(3,4)26/h6-7,10,13-14,26H,5,8-9,11-12H2,1-4H3,(H,23,25)/t14-/m1/s1. The number of fused-ring (bicyclic) bond motifs is 1. The zero-order chi connectivity index (χ0) is 19.6. The summed E-state index contributed by atoms with van der Waals surface area (Å²) in [4.78, 5) is 20.8. The van der Waals surface area contributed by atoms with E-state index in [1.54, 1.807) is 25.2 Å². The number of rotatable bonds is 6. The highest BCUT2D eigenvalue weighted by Gasteiger charge is 2.28. The van der Waals surface area contributed by atoms with Crippen LogP contribution in [0.25, 0.3) is 0 Å². The zero-order valence-corrected chi connectivity index (χ0v) is 17.4. The van der Waals surface area contributed by atoms with Gasteiger partial charge in [-0.1, -0.05) is 13.0 Å². The van der Waals surface area contributed by atoms with Crippen molar-refractivity contribution in [2.45, 2.75) is 65.3 Å². The Morgan fingerprint density at radius 2 is 2.22 bits per heavy atom. The van der Waals surface area contributed by atoms with E-state index < -0.39 is 5.60 Å². The van der Waals surface area contributed by atoms with Crippen molar-refractivity contribution in [3.05, 3.63) is 51.0 Å². The fourth-order valence-corrected chi connectivity index (χ4v) is 4.27. The third-order valence-electron chi connectivity index (χ3n) is 5.36. The quantitative estimate of drug-likeness (QED) is 0.799. The minimum atomic E-state index is -0.942. The third-order valence-corrected chi connectivity index (χ3v) is 6.37. The minimum absolute atomic E-state index is 0.0904. The van der Waals surface area contributed by atoms with Crippen molar-refractivity contribution in [1.29, 1.82) is 0 Å². The first-order valence-corrected chi connectivity index (χ1v) is 10.4. The number of amides is 1. The number of hydrogen-bond donors (Lipinski definition) is 2. The number of aliphatic hydroxyl groups is 1. The molecule has 0 aliphatic carbocycles. The van der Waals surface area contributed by atoms with Crippen LogP contribution in [0.3, 0.4) is 0 Å². The summed E-state index contributed by atoms with van der Waals surface area (Å²) in [7, 11) is 0. The Kier molecular flexibility index (Phi) is 5.99. The number of hydrogen-bond acceptors (Lipinski definition) is 5. The van der Waals surface area contributed by atoms with Crippen LogP contribution in [-0.2, 0) is 25.9 Å². The number of pyridine rings is 1. The summed E-state index contributed by atoms with van der Waals surface area (Å²) in [6.07, 6.45) is 3.83. The van der Waals surface area contributed by atoms with Gasteiger partial charge in [-0.05, 0) is 50.8 Å². The molecule has 2 aromatic rings. The second kappa shape index (κ2) is 8.09. The highest BCUT2D eigenvalue weighted by Crippen LogP contribution is 2.29. The number of nitrogens with one attached hydrogen (secondary N) is 1. The number of carbonyl (C=O) groups excluding carboxylic acids is 1. The number of aryl methyl sites for hydroxylation is 1. The van der Waals surface area contributed by atoms with E-state index in [9.17, 15) is 9.90 Å². The van der Waals surface area contributed by atoms with Crippen LogP contribution in [-0.4, -0.2) is 39.1 Å². The summed E-state index contributed by atoms with van der Waals surface area (Å²) in [5.41, 5.74) is 3.32. The van der Waals surface area contributed by atoms with E-state index in [2.05, 4.69) is 34.3 Å². The van der Waals surface area contributed by atoms with E-state index in [0.29, 0.717) is 0 Å². The minimum Gasteiger partial charge on any atom is -0.388 e. The van der Waals surface area contributed by atoms with Crippen molar-refractivity contribution < 1.29 is 9.90 Å². The molecule has 1 aliphatic heterocycles. The van der Waals surface area contributed by atoms with E-state index in [-0.39, 0.29) is 11.9 Å². The first-order chi connectivity index (χ1) is 12.8. The first-order valence-electron chi connectivity index (χ1n) is 9.56. The second-order valence-electron chi connectivity index (χ2n) is 7.87. The summed E-state index contributed by atoms with van der Waals surface area (Å²) >= 11 is 1.65. The number of thiophene rings is 1. The van der Waals surface area contributed by atoms with Gasteiger partial charge in [0.15, 0.2) is 0 Å². The van der Waals surface area contributed by atoms with Crippen LogP contribution in [0.4, 0.5) is 0 Å². The molecule has 2 aromatic heterocycles. The molecule has 0 fully saturated rings. The maximum atomic E-state index is 12.6. The second-order valence-corrected chi connectivity index (χ2v) is 8.84. The normalized spacial score (nSPS) is 16.0. The van der Waals surface area contributed by atoms with Crippen LogP contribution < -0.4 is 5.32 Å². The van der Waals surface area contributed by atoms with Crippen LogP contribution in [0.15, 0.2) is 23.7 Å². The Bertz CT molecular complexity index is 793. The van der Waals surface area contributed by atoms with Crippen molar-refractivity contribution in [1.82, 2.24) is 15.2 Å². The number of nitrogens with zero attached hydrogens (tertiary/aromatic N) is 2. The largest absolute Gasteiger partial charge is 0.388 e. The molecule has 0 radical (unpaired) electrons. The predicted molar refractivity (Wildman–Crippen MR) is 109 cm³/mol. The fraction of sp³-hybridized carbons (Fsp3) is 0.524. The molecule has 1 amide bonds. The number of carbonyl (C=O) groups is 1. The average Bonchev–Trinajstić information content (AvgIpc) is 3.05. The highest BCUT2D eigenvalue weighted by atomic mass is 32.1. The molecule has 0 saturated carbocycles. The molecule has 1 aliphatic rings. The molecule has 3 heterocycles. The topological polar surface area (TPSA) is 65.5 Å². The van der Waals surface area contributed by atoms with Gasteiger partial charge in [0.1, 0.15) is 0 Å². The van der Waals surface area contributed by atoms with Gasteiger partial charge in [0, 0.05) is 36.1 Å². The fourth-order valence-electron chi connectivity index (χ4n) is 3.14. The van der Waals surface area contributed by atoms with Crippen molar-refractivity contribution in [3.8, 4) is 0 Å². The lowest BCUT2D eigenvalue weighted by molar-refractivity contribution is 0.0408. The molecule has 5 nitrogen and oxygen atoms in total. The Morgan fingerprint density at radius 3 is 2.85 bits per heavy atom. The molecule has 6 heteroatoms. The van der Waals surface area contributed by atoms with Gasteiger partial charge in [-0.15, -0.1) is 11.3 Å². The van der Waals surface area contributed by atoms with Crippen LogP contribution in [0, 0.1) is 0 Å². The molecular formula is C21H29N3O2S. The van der Waals surface area contributed by atoms with Gasteiger partial charge in [0.05, 0.1) is 22.9 Å². The summed E-state index contributed by atoms with van der Waals surface area (Å²) < 4.78 is 0. The van der Waals surface area contributed by atoms with E-state index >= 15 is 0 Å². The van der Waals surface area contributed by atoms with Crippen LogP contribution in [0.1, 0.15) is 59.8 Å². The maximum Gasteiger partial charge on any atom is 0.252 e. The molecule has 146 valence electrons. The van der Waals surface area contributed by atoms with E-state index in [1.165, 1.54) is 10.4 Å². The van der Waals surface area contributed by atoms with Crippen molar-refractivity contribution >= 4 is 17.2 Å². The lowest BCUT2D eigenvalue weighted by Gasteiger charge is -2.28. The monoisotopic (exact) mass is 387 g/mol. The lowest BCUT2D eigenvalue weighted by Crippen LogP contribution is -2.47. The predicted octanol–water partition coefficient (Wildman–Crippen LogP) is 3.15. The van der Waals surface area contributed by atoms with Crippen LogP contribution in [0.5, 0.6) is 0 Å². The van der Waals surface area contributed by atoms with Crippen LogP contribution >= 0.6 is 11.3 Å². The smallest absolute Gasteiger partial charge is 0.252 e. The van der Waals surface area contributed by atoms with E-state index in [1.807, 2.05) is 18.5 Å². The van der Waals surface area contributed by atoms with Crippen molar-refractivity contribution in [3.63, 3.8) is 0 Å². The SMILES string of the molecule is CCc1ccc(CN2CCc3c(C(=O)N[C@H](C)C(C)(C)O)csc3C2)nc1. The van der Waals surface area contributed by atoms with Gasteiger partial charge in [-0.3, -0.25) is 14.7 Å². The third kappa shape index (κ3) is 4.75. The van der Waals surface area contributed by atoms with Gasteiger partial charge >= 0.3 is 0 Å². The van der Waals surface area contributed by atoms with Crippen LogP contribution in [0.2, 0.25) is 0 Å². The zero-order valence-electron chi connectivity index (χ0n) is 16.6.